The molecule has 7 heteroatoms. The van der Waals surface area contributed by atoms with Crippen molar-refractivity contribution in [1.82, 2.24) is 20.0 Å². The average molecular weight is 224 g/mol. The lowest BCUT2D eigenvalue weighted by Gasteiger charge is -2.00. The Morgan fingerprint density at radius 2 is 2.47 bits per heavy atom. The lowest BCUT2D eigenvalue weighted by Crippen LogP contribution is -2.03. The number of hydrogen-bond donors (Lipinski definition) is 1. The Labute approximate surface area is 89.2 Å². The van der Waals surface area contributed by atoms with Crippen LogP contribution in [0.2, 0.25) is 0 Å². The summed E-state index contributed by atoms with van der Waals surface area (Å²) < 4.78 is 1.64. The predicted molar refractivity (Wildman–Crippen MR) is 53.8 cm³/mol. The minimum Gasteiger partial charge on any atom is -0.476 e. The van der Waals surface area contributed by atoms with Crippen LogP contribution >= 0.6 is 11.3 Å². The van der Waals surface area contributed by atoms with Crippen LogP contribution in [0.3, 0.4) is 0 Å². The van der Waals surface area contributed by atoms with Crippen LogP contribution in [-0.4, -0.2) is 31.1 Å². The van der Waals surface area contributed by atoms with E-state index in [4.69, 9.17) is 5.11 Å². The highest BCUT2D eigenvalue weighted by Crippen LogP contribution is 2.26. The minimum absolute atomic E-state index is 0.0528. The molecule has 0 unspecified atom stereocenters. The summed E-state index contributed by atoms with van der Waals surface area (Å²) in [5.74, 6) is -1.03. The third kappa shape index (κ3) is 1.61. The van der Waals surface area contributed by atoms with E-state index in [1.807, 2.05) is 6.92 Å². The van der Waals surface area contributed by atoms with Crippen LogP contribution in [0.25, 0.3) is 10.6 Å². The maximum Gasteiger partial charge on any atom is 0.356 e. The molecule has 15 heavy (non-hydrogen) atoms. The Hall–Kier alpha value is -1.76. The van der Waals surface area contributed by atoms with Crippen LogP contribution in [0, 0.1) is 0 Å². The molecule has 0 bridgehead atoms. The zero-order valence-corrected chi connectivity index (χ0v) is 8.73. The molecule has 0 aliphatic heterocycles. The second-order valence-corrected chi connectivity index (χ2v) is 3.63. The number of carboxylic acid groups (broad SMARTS) is 1. The molecule has 0 saturated heterocycles. The highest BCUT2D eigenvalue weighted by atomic mass is 32.1. The molecule has 6 nitrogen and oxygen atoms in total. The van der Waals surface area contributed by atoms with Crippen molar-refractivity contribution in [2.75, 3.05) is 0 Å². The lowest BCUT2D eigenvalue weighted by atomic mass is 10.3. The summed E-state index contributed by atoms with van der Waals surface area (Å²) in [7, 11) is 0. The van der Waals surface area contributed by atoms with Crippen molar-refractivity contribution in [3.63, 3.8) is 0 Å². The van der Waals surface area contributed by atoms with E-state index in [2.05, 4.69) is 15.3 Å². The number of aromatic carboxylic acids is 1. The molecule has 0 aliphatic rings. The third-order valence-corrected chi connectivity index (χ3v) is 2.77. The van der Waals surface area contributed by atoms with Crippen molar-refractivity contribution >= 4 is 17.3 Å². The molecular weight excluding hydrogens is 216 g/mol. The molecule has 0 atom stereocenters. The van der Waals surface area contributed by atoms with Crippen LogP contribution in [-0.2, 0) is 6.54 Å². The molecule has 0 fully saturated rings. The molecule has 0 aliphatic carbocycles. The van der Waals surface area contributed by atoms with Gasteiger partial charge < -0.3 is 5.11 Å². The van der Waals surface area contributed by atoms with Crippen LogP contribution in [0.4, 0.5) is 0 Å². The van der Waals surface area contributed by atoms with Crippen molar-refractivity contribution in [3.05, 3.63) is 17.4 Å². The van der Waals surface area contributed by atoms with Gasteiger partial charge in [-0.2, -0.15) is 0 Å². The largest absolute Gasteiger partial charge is 0.476 e. The van der Waals surface area contributed by atoms with Gasteiger partial charge in [0.15, 0.2) is 5.69 Å². The first-order valence-corrected chi connectivity index (χ1v) is 5.17. The first-order chi connectivity index (χ1) is 7.24. The quantitative estimate of drug-likeness (QED) is 0.844. The molecule has 2 aromatic heterocycles. The van der Waals surface area contributed by atoms with Gasteiger partial charge in [-0.15, -0.1) is 16.4 Å². The van der Waals surface area contributed by atoms with Gasteiger partial charge in [-0.25, -0.2) is 14.5 Å². The molecule has 1 N–H and O–H groups in total. The molecule has 0 spiro atoms. The predicted octanol–water partition coefficient (Wildman–Crippen LogP) is 1.12. The van der Waals surface area contributed by atoms with E-state index in [1.165, 1.54) is 16.8 Å². The number of aryl methyl sites for hydroxylation is 1. The van der Waals surface area contributed by atoms with E-state index in [0.717, 1.165) is 0 Å². The summed E-state index contributed by atoms with van der Waals surface area (Å²) in [6.07, 6.45) is 1.55. The second kappa shape index (κ2) is 3.77. The minimum atomic E-state index is -1.03. The summed E-state index contributed by atoms with van der Waals surface area (Å²) in [6, 6.07) is 0. The van der Waals surface area contributed by atoms with Crippen molar-refractivity contribution < 1.29 is 9.90 Å². The highest BCUT2D eigenvalue weighted by Gasteiger charge is 2.18. The number of hydrogen-bond acceptors (Lipinski definition) is 5. The fraction of sp³-hybridized carbons (Fsp3) is 0.250. The van der Waals surface area contributed by atoms with E-state index < -0.39 is 5.97 Å². The fourth-order valence-electron chi connectivity index (χ4n) is 1.25. The number of carboxylic acids is 1. The first-order valence-electron chi connectivity index (χ1n) is 4.29. The summed E-state index contributed by atoms with van der Waals surface area (Å²) >= 11 is 1.27. The normalized spacial score (nSPS) is 10.5. The van der Waals surface area contributed by atoms with E-state index in [0.29, 0.717) is 17.1 Å². The fourth-order valence-corrected chi connectivity index (χ4v) is 2.04. The molecule has 0 aromatic carbocycles. The molecular formula is C8H8N4O2S. The summed E-state index contributed by atoms with van der Waals surface area (Å²) in [6.45, 7) is 2.56. The number of thiazole rings is 1. The Bertz CT molecular complexity index is 490. The monoisotopic (exact) mass is 224 g/mol. The van der Waals surface area contributed by atoms with Crippen LogP contribution in [0.1, 0.15) is 17.4 Å². The molecule has 78 valence electrons. The summed E-state index contributed by atoms with van der Waals surface area (Å²) in [4.78, 5) is 15.3. The van der Waals surface area contributed by atoms with E-state index in [1.54, 1.807) is 10.9 Å². The standard InChI is InChI=1S/C8H8N4O2S/c1-2-12-5(3-10-11-12)7-6(8(13)14)9-4-15-7/h3-4H,2H2,1H3,(H,13,14). The van der Waals surface area contributed by atoms with Gasteiger partial charge in [0.1, 0.15) is 5.69 Å². The Morgan fingerprint density at radius 1 is 1.67 bits per heavy atom. The number of carbonyl (C=O) groups is 1. The SMILES string of the molecule is CCn1nncc1-c1scnc1C(=O)O. The molecule has 2 rings (SSSR count). The topological polar surface area (TPSA) is 80.9 Å². The number of aromatic nitrogens is 4. The van der Waals surface area contributed by atoms with Gasteiger partial charge in [0, 0.05) is 6.54 Å². The maximum atomic E-state index is 10.9. The molecule has 0 saturated carbocycles. The van der Waals surface area contributed by atoms with E-state index in [-0.39, 0.29) is 5.69 Å². The van der Waals surface area contributed by atoms with Gasteiger partial charge in [-0.05, 0) is 6.92 Å². The zero-order chi connectivity index (χ0) is 10.8. The van der Waals surface area contributed by atoms with Crippen molar-refractivity contribution in [2.45, 2.75) is 13.5 Å². The van der Waals surface area contributed by atoms with Crippen LogP contribution in [0.5, 0.6) is 0 Å². The Balaban J connectivity index is 2.54. The smallest absolute Gasteiger partial charge is 0.356 e. The Morgan fingerprint density at radius 3 is 3.13 bits per heavy atom. The highest BCUT2D eigenvalue weighted by molar-refractivity contribution is 7.13. The van der Waals surface area contributed by atoms with Crippen molar-refractivity contribution in [1.29, 1.82) is 0 Å². The second-order valence-electron chi connectivity index (χ2n) is 2.77. The van der Waals surface area contributed by atoms with Crippen molar-refractivity contribution in [3.8, 4) is 10.6 Å². The Kier molecular flexibility index (Phi) is 2.46. The van der Waals surface area contributed by atoms with Gasteiger partial charge in [-0.1, -0.05) is 5.21 Å². The van der Waals surface area contributed by atoms with Gasteiger partial charge in [0.25, 0.3) is 0 Å². The van der Waals surface area contributed by atoms with Gasteiger partial charge in [0.2, 0.25) is 0 Å². The average Bonchev–Trinajstić information content (AvgIpc) is 2.85. The third-order valence-electron chi connectivity index (χ3n) is 1.92. The van der Waals surface area contributed by atoms with Gasteiger partial charge in [-0.3, -0.25) is 0 Å². The zero-order valence-electron chi connectivity index (χ0n) is 7.91. The first kappa shape index (κ1) is 9.78. The molecule has 0 amide bonds. The molecule has 2 heterocycles. The van der Waals surface area contributed by atoms with E-state index in [9.17, 15) is 4.79 Å². The van der Waals surface area contributed by atoms with Crippen LogP contribution in [0.15, 0.2) is 11.7 Å². The maximum absolute atomic E-state index is 10.9. The van der Waals surface area contributed by atoms with E-state index >= 15 is 0 Å². The number of rotatable bonds is 3. The van der Waals surface area contributed by atoms with Gasteiger partial charge >= 0.3 is 5.97 Å². The summed E-state index contributed by atoms with van der Waals surface area (Å²) in [5.41, 5.74) is 2.25. The van der Waals surface area contributed by atoms with Gasteiger partial charge in [0.05, 0.1) is 16.6 Å². The lowest BCUT2D eigenvalue weighted by molar-refractivity contribution is 0.0692. The summed E-state index contributed by atoms with van der Waals surface area (Å²) in [5, 5.41) is 16.5. The number of nitrogens with zero attached hydrogens (tertiary/aromatic N) is 4. The van der Waals surface area contributed by atoms with Crippen molar-refractivity contribution in [2.24, 2.45) is 0 Å². The van der Waals surface area contributed by atoms with Crippen LogP contribution < -0.4 is 0 Å². The molecule has 0 radical (unpaired) electrons. The molecule has 2 aromatic rings.